The Hall–Kier alpha value is -3.85. The van der Waals surface area contributed by atoms with Crippen LogP contribution in [-0.4, -0.2) is 73.1 Å². The lowest BCUT2D eigenvalue weighted by Crippen LogP contribution is -2.57. The molecule has 194 valence electrons. The van der Waals surface area contributed by atoms with Crippen molar-refractivity contribution in [3.05, 3.63) is 66.1 Å². The Morgan fingerprint density at radius 1 is 1.03 bits per heavy atom. The van der Waals surface area contributed by atoms with Gasteiger partial charge in [-0.2, -0.15) is 5.10 Å². The Morgan fingerprint density at radius 3 is 2.32 bits per heavy atom. The number of amidine groups is 1. The number of rotatable bonds is 6. The number of carbonyl (C=O) groups is 2. The summed E-state index contributed by atoms with van der Waals surface area (Å²) in [5, 5.41) is 14.3. The molecule has 7 rings (SSSR count). The van der Waals surface area contributed by atoms with Crippen molar-refractivity contribution in [2.45, 2.75) is 36.8 Å². The number of carbonyl (C=O) groups excluding carboxylic acids is 2. The summed E-state index contributed by atoms with van der Waals surface area (Å²) in [6.07, 6.45) is 4.14. The molecule has 38 heavy (non-hydrogen) atoms. The fourth-order valence-electron chi connectivity index (χ4n) is 5.58. The number of aliphatic imine (C=N–C) groups is 1. The van der Waals surface area contributed by atoms with E-state index in [1.807, 2.05) is 43.4 Å². The maximum absolute atomic E-state index is 15.5. The van der Waals surface area contributed by atoms with E-state index < -0.39 is 17.0 Å². The Balaban J connectivity index is 1.10. The minimum Gasteiger partial charge on any atom is -0.380 e. The predicted octanol–water partition coefficient (Wildman–Crippen LogP) is 3.00. The number of hydrogen-bond donors (Lipinski definition) is 1. The summed E-state index contributed by atoms with van der Waals surface area (Å²) in [6, 6.07) is 14.9. The summed E-state index contributed by atoms with van der Waals surface area (Å²) in [5.74, 6) is -0.261. The third-order valence-corrected chi connectivity index (χ3v) is 8.29. The second-order valence-electron chi connectivity index (χ2n) is 11.1. The first-order valence-electron chi connectivity index (χ1n) is 13.1. The molecular weight excluding hydrogens is 485 g/mol. The summed E-state index contributed by atoms with van der Waals surface area (Å²) in [6.45, 7) is 1.36. The molecule has 9 heteroatoms. The van der Waals surface area contributed by atoms with Gasteiger partial charge in [0, 0.05) is 38.8 Å². The highest BCUT2D eigenvalue weighted by Crippen LogP contribution is 2.47. The van der Waals surface area contributed by atoms with Crippen LogP contribution in [0, 0.1) is 11.7 Å². The first-order chi connectivity index (χ1) is 18.3. The van der Waals surface area contributed by atoms with Crippen LogP contribution < -0.4 is 0 Å². The zero-order valence-electron chi connectivity index (χ0n) is 21.1. The van der Waals surface area contributed by atoms with Gasteiger partial charge in [-0.15, -0.1) is 0 Å². The molecule has 1 saturated heterocycles. The van der Waals surface area contributed by atoms with Crippen molar-refractivity contribution in [1.82, 2.24) is 19.6 Å². The van der Waals surface area contributed by atoms with Crippen molar-refractivity contribution in [1.29, 1.82) is 0 Å². The van der Waals surface area contributed by atoms with E-state index in [1.54, 1.807) is 26.7 Å². The minimum absolute atomic E-state index is 0.0737. The molecule has 0 bridgehead atoms. The van der Waals surface area contributed by atoms with E-state index in [0.717, 1.165) is 22.4 Å². The Labute approximate surface area is 219 Å². The minimum atomic E-state index is -1.18. The van der Waals surface area contributed by atoms with Crippen LogP contribution in [0.3, 0.4) is 0 Å². The molecule has 3 fully saturated rings. The second kappa shape index (κ2) is 8.07. The fraction of sp³-hybridized carbons (Fsp3) is 0.379. The Bertz CT molecular complexity index is 1500. The molecule has 2 amide bonds. The van der Waals surface area contributed by atoms with Crippen LogP contribution in [0.2, 0.25) is 0 Å². The van der Waals surface area contributed by atoms with Crippen molar-refractivity contribution in [3.8, 4) is 22.4 Å². The van der Waals surface area contributed by atoms with Crippen LogP contribution >= 0.6 is 0 Å². The van der Waals surface area contributed by atoms with Crippen molar-refractivity contribution in [3.63, 3.8) is 0 Å². The van der Waals surface area contributed by atoms with Crippen LogP contribution in [0.1, 0.15) is 31.2 Å². The molecule has 2 aliphatic carbocycles. The maximum atomic E-state index is 15.5. The summed E-state index contributed by atoms with van der Waals surface area (Å²) in [7, 11) is 1.89. The third-order valence-electron chi connectivity index (χ3n) is 8.29. The smallest absolute Gasteiger partial charge is 0.256 e. The van der Waals surface area contributed by atoms with E-state index in [1.165, 1.54) is 6.07 Å². The highest BCUT2D eigenvalue weighted by Gasteiger charge is 2.58. The number of amides is 2. The number of nitrogens with zero attached hydrogens (tertiary/aromatic N) is 5. The van der Waals surface area contributed by atoms with Gasteiger partial charge in [0.15, 0.2) is 0 Å². The summed E-state index contributed by atoms with van der Waals surface area (Å²) < 4.78 is 17.4. The molecule has 1 spiro atoms. The maximum Gasteiger partial charge on any atom is 0.256 e. The largest absolute Gasteiger partial charge is 0.380 e. The molecule has 1 aromatic heterocycles. The molecular formula is C29H28FN5O3. The molecule has 2 saturated carbocycles. The SMILES string of the molecule is Cn1nccc1-c1ccc(-c2ccc(C3=NC4(CC4)C(=O)N3CC3CN(C(=O)C4(O)CC4)C3)c(F)c2)cc1. The van der Waals surface area contributed by atoms with E-state index in [4.69, 9.17) is 4.99 Å². The molecule has 2 aromatic carbocycles. The van der Waals surface area contributed by atoms with Crippen molar-refractivity contribution < 1.29 is 19.1 Å². The molecule has 0 unspecified atom stereocenters. The van der Waals surface area contributed by atoms with Gasteiger partial charge < -0.3 is 10.0 Å². The second-order valence-corrected chi connectivity index (χ2v) is 11.1. The van der Waals surface area contributed by atoms with Crippen LogP contribution in [0.15, 0.2) is 59.7 Å². The van der Waals surface area contributed by atoms with Gasteiger partial charge in [-0.05, 0) is 60.6 Å². The van der Waals surface area contributed by atoms with Gasteiger partial charge in [-0.25, -0.2) is 4.39 Å². The van der Waals surface area contributed by atoms with Crippen molar-refractivity contribution in [2.24, 2.45) is 18.0 Å². The first kappa shape index (κ1) is 23.3. The molecule has 4 aliphatic rings. The summed E-state index contributed by atoms with van der Waals surface area (Å²) in [4.78, 5) is 33.6. The van der Waals surface area contributed by atoms with E-state index in [-0.39, 0.29) is 17.7 Å². The quantitative estimate of drug-likeness (QED) is 0.549. The third kappa shape index (κ3) is 3.67. The van der Waals surface area contributed by atoms with E-state index in [2.05, 4.69) is 5.10 Å². The normalized spacial score (nSPS) is 21.0. The van der Waals surface area contributed by atoms with Gasteiger partial charge in [0.2, 0.25) is 0 Å². The predicted molar refractivity (Wildman–Crippen MR) is 139 cm³/mol. The Morgan fingerprint density at radius 2 is 1.71 bits per heavy atom. The van der Waals surface area contributed by atoms with Gasteiger partial charge >= 0.3 is 0 Å². The van der Waals surface area contributed by atoms with Gasteiger partial charge in [0.25, 0.3) is 11.8 Å². The van der Waals surface area contributed by atoms with Crippen molar-refractivity contribution in [2.75, 3.05) is 19.6 Å². The topological polar surface area (TPSA) is 91.0 Å². The number of aliphatic hydroxyl groups is 1. The lowest BCUT2D eigenvalue weighted by molar-refractivity contribution is -0.149. The van der Waals surface area contributed by atoms with Crippen molar-refractivity contribution >= 4 is 17.6 Å². The lowest BCUT2D eigenvalue weighted by atomic mass is 9.97. The number of hydrogen-bond acceptors (Lipinski definition) is 5. The van der Waals surface area contributed by atoms with E-state index >= 15 is 4.39 Å². The summed E-state index contributed by atoms with van der Waals surface area (Å²) in [5.41, 5.74) is 2.05. The number of aromatic nitrogens is 2. The van der Waals surface area contributed by atoms with Gasteiger partial charge in [-0.1, -0.05) is 30.3 Å². The average molecular weight is 514 g/mol. The number of benzene rings is 2. The molecule has 1 N–H and O–H groups in total. The monoisotopic (exact) mass is 513 g/mol. The standard InChI is InChI=1S/C29H28FN5O3/c1-33-24(8-13-31-33)20-4-2-19(3-5-20)21-6-7-22(23(30)14-21)25-32-28(9-10-28)26(36)35(25)17-18-15-34(16-18)27(37)29(38)11-12-29/h2-8,13-14,18,38H,9-12,15-17H2,1H3. The molecule has 8 nitrogen and oxygen atoms in total. The molecule has 0 atom stereocenters. The Kier molecular flexibility index (Phi) is 4.95. The van der Waals surface area contributed by atoms with Gasteiger partial charge in [0.05, 0.1) is 11.3 Å². The highest BCUT2D eigenvalue weighted by molar-refractivity contribution is 6.16. The van der Waals surface area contributed by atoms with Gasteiger partial charge in [-0.3, -0.25) is 24.2 Å². The number of likely N-dealkylation sites (tertiary alicyclic amines) is 1. The van der Waals surface area contributed by atoms with Crippen LogP contribution in [0.5, 0.6) is 0 Å². The lowest BCUT2D eigenvalue weighted by Gasteiger charge is -2.42. The van der Waals surface area contributed by atoms with Crippen LogP contribution in [0.25, 0.3) is 22.4 Å². The molecule has 2 aliphatic heterocycles. The van der Waals surface area contributed by atoms with Crippen LogP contribution in [0.4, 0.5) is 4.39 Å². The molecule has 3 aromatic rings. The fourth-order valence-corrected chi connectivity index (χ4v) is 5.58. The first-order valence-corrected chi connectivity index (χ1v) is 13.1. The number of aryl methyl sites for hydroxylation is 1. The molecule has 3 heterocycles. The van der Waals surface area contributed by atoms with Gasteiger partial charge in [0.1, 0.15) is 22.8 Å². The number of halogens is 1. The van der Waals surface area contributed by atoms with E-state index in [9.17, 15) is 14.7 Å². The van der Waals surface area contributed by atoms with Crippen LogP contribution in [-0.2, 0) is 16.6 Å². The van der Waals surface area contributed by atoms with E-state index in [0.29, 0.717) is 56.7 Å². The molecule has 0 radical (unpaired) electrons. The summed E-state index contributed by atoms with van der Waals surface area (Å²) >= 11 is 0. The zero-order chi connectivity index (χ0) is 26.2. The average Bonchev–Trinajstić information content (AvgIpc) is 3.78. The zero-order valence-corrected chi connectivity index (χ0v) is 21.1. The highest BCUT2D eigenvalue weighted by atomic mass is 19.1.